The molecule has 1 rings (SSSR count). The van der Waals surface area contributed by atoms with Gasteiger partial charge in [-0.25, -0.2) is 4.99 Å². The van der Waals surface area contributed by atoms with E-state index in [1.807, 2.05) is 6.92 Å². The Morgan fingerprint density at radius 1 is 1.69 bits per heavy atom. The number of carbonyl (C=O) groups excluding carboxylic acids is 1. The van der Waals surface area contributed by atoms with Gasteiger partial charge in [0.15, 0.2) is 5.96 Å². The zero-order chi connectivity index (χ0) is 9.14. The molecule has 1 amide bonds. The third-order valence-electron chi connectivity index (χ3n) is 1.31. The molecule has 0 aliphatic carbocycles. The zero-order valence-electron chi connectivity index (χ0n) is 7.15. The van der Waals surface area contributed by atoms with Gasteiger partial charge in [-0.3, -0.25) is 10.1 Å². The second-order valence-corrected chi connectivity index (χ2v) is 2.59. The first-order chi connectivity index (χ1) is 5.58. The summed E-state index contributed by atoms with van der Waals surface area (Å²) in [6, 6.07) is -0.0585. The van der Waals surface area contributed by atoms with Crippen LogP contribution in [0, 0.1) is 0 Å². The Bertz CT molecular complexity index is 258. The summed E-state index contributed by atoms with van der Waals surface area (Å²) in [6.07, 6.45) is 0.378. The molecule has 0 bridgehead atoms. The molecule has 0 spiro atoms. The van der Waals surface area contributed by atoms with Crippen molar-refractivity contribution in [3.63, 3.8) is 0 Å². The minimum atomic E-state index is -0.113. The maximum atomic E-state index is 10.9. The Labute approximate surface area is 81.9 Å². The number of nitrogens with two attached hydrogens (primary N) is 2. The highest BCUT2D eigenvalue weighted by atomic mass is 35.5. The van der Waals surface area contributed by atoms with E-state index < -0.39 is 0 Å². The highest BCUT2D eigenvalue weighted by Crippen LogP contribution is 2.02. The molecule has 1 atom stereocenters. The normalized spacial score (nSPS) is 20.8. The van der Waals surface area contributed by atoms with E-state index in [9.17, 15) is 4.79 Å². The van der Waals surface area contributed by atoms with E-state index in [-0.39, 0.29) is 36.3 Å². The van der Waals surface area contributed by atoms with Crippen molar-refractivity contribution < 1.29 is 4.79 Å². The molecule has 6 nitrogen and oxygen atoms in total. The van der Waals surface area contributed by atoms with E-state index in [4.69, 9.17) is 11.5 Å². The molecule has 0 saturated carbocycles. The average Bonchev–Trinajstić information content (AvgIpc) is 1.81. The first-order valence-electron chi connectivity index (χ1n) is 3.55. The van der Waals surface area contributed by atoms with Gasteiger partial charge in [-0.2, -0.15) is 4.99 Å². The summed E-state index contributed by atoms with van der Waals surface area (Å²) >= 11 is 0. The summed E-state index contributed by atoms with van der Waals surface area (Å²) in [7, 11) is 0. The number of hydrogen-bond donors (Lipinski definition) is 3. The van der Waals surface area contributed by atoms with E-state index in [0.717, 1.165) is 0 Å². The van der Waals surface area contributed by atoms with Crippen molar-refractivity contribution in [2.75, 3.05) is 0 Å². The summed E-state index contributed by atoms with van der Waals surface area (Å²) in [4.78, 5) is 18.6. The van der Waals surface area contributed by atoms with Gasteiger partial charge in [-0.15, -0.1) is 12.4 Å². The van der Waals surface area contributed by atoms with Gasteiger partial charge in [-0.05, 0) is 6.92 Å². The lowest BCUT2D eigenvalue weighted by Gasteiger charge is -2.14. The predicted molar refractivity (Wildman–Crippen MR) is 52.7 cm³/mol. The predicted octanol–water partition coefficient (Wildman–Crippen LogP) is -1.05. The molecule has 1 aliphatic rings. The van der Waals surface area contributed by atoms with Crippen LogP contribution in [0.1, 0.15) is 13.3 Å². The number of guanidine groups is 2. The van der Waals surface area contributed by atoms with Crippen LogP contribution in [0.25, 0.3) is 0 Å². The molecule has 1 heterocycles. The lowest BCUT2D eigenvalue weighted by molar-refractivity contribution is -0.120. The molecule has 0 radical (unpaired) electrons. The Morgan fingerprint density at radius 2 is 2.31 bits per heavy atom. The van der Waals surface area contributed by atoms with Crippen LogP contribution in [-0.2, 0) is 4.79 Å². The molecule has 1 unspecified atom stereocenters. The second kappa shape index (κ2) is 4.66. The van der Waals surface area contributed by atoms with Gasteiger partial charge in [0.25, 0.3) is 0 Å². The van der Waals surface area contributed by atoms with Gasteiger partial charge < -0.3 is 11.5 Å². The Balaban J connectivity index is 0.00000144. The van der Waals surface area contributed by atoms with E-state index in [0.29, 0.717) is 6.42 Å². The molecular formula is C6H12ClN5O. The van der Waals surface area contributed by atoms with E-state index in [2.05, 4.69) is 15.3 Å². The minimum Gasteiger partial charge on any atom is -0.370 e. The van der Waals surface area contributed by atoms with Crippen molar-refractivity contribution in [2.45, 2.75) is 19.4 Å². The topological polar surface area (TPSA) is 106 Å². The summed E-state index contributed by atoms with van der Waals surface area (Å²) in [5.41, 5.74) is 10.2. The van der Waals surface area contributed by atoms with Crippen molar-refractivity contribution in [3.05, 3.63) is 0 Å². The smallest absolute Gasteiger partial charge is 0.228 e. The molecule has 0 saturated heterocycles. The van der Waals surface area contributed by atoms with Gasteiger partial charge in [-0.1, -0.05) is 0 Å². The number of nitrogens with zero attached hydrogens (tertiary/aromatic N) is 2. The van der Waals surface area contributed by atoms with Crippen LogP contribution in [0.15, 0.2) is 9.98 Å². The second-order valence-electron chi connectivity index (χ2n) is 2.59. The highest BCUT2D eigenvalue weighted by molar-refractivity contribution is 6.03. The summed E-state index contributed by atoms with van der Waals surface area (Å²) in [5.74, 6) is -0.0283. The van der Waals surface area contributed by atoms with Gasteiger partial charge >= 0.3 is 0 Å². The minimum absolute atomic E-state index is 0. The van der Waals surface area contributed by atoms with E-state index in [1.165, 1.54) is 0 Å². The van der Waals surface area contributed by atoms with Gasteiger partial charge in [0.05, 0.1) is 6.04 Å². The molecule has 5 N–H and O–H groups in total. The lowest BCUT2D eigenvalue weighted by Crippen LogP contribution is -2.38. The molecule has 0 aromatic rings. The number of carbonyl (C=O) groups is 1. The number of hydrogen-bond acceptors (Lipinski definition) is 3. The monoisotopic (exact) mass is 205 g/mol. The first-order valence-corrected chi connectivity index (χ1v) is 3.55. The third kappa shape index (κ3) is 3.75. The quantitative estimate of drug-likeness (QED) is 0.347. The molecule has 74 valence electrons. The first kappa shape index (κ1) is 11.7. The summed E-state index contributed by atoms with van der Waals surface area (Å²) < 4.78 is 0. The van der Waals surface area contributed by atoms with Gasteiger partial charge in [0.1, 0.15) is 0 Å². The van der Waals surface area contributed by atoms with Crippen LogP contribution in [0.4, 0.5) is 0 Å². The van der Waals surface area contributed by atoms with Gasteiger partial charge in [0.2, 0.25) is 11.9 Å². The van der Waals surface area contributed by atoms with Crippen molar-refractivity contribution in [1.82, 2.24) is 5.32 Å². The molecule has 0 aromatic carbocycles. The standard InChI is InChI=1S/C6H11N5O.ClH/c1-3-2-4(12)10-6(9-3)11-5(7)8;/h3H,2H2,1H3,(H5,7,8,9,10,11,12);1H. The third-order valence-corrected chi connectivity index (χ3v) is 1.31. The van der Waals surface area contributed by atoms with E-state index in [1.54, 1.807) is 0 Å². The SMILES string of the molecule is CC1CC(=O)NC(N=C(N)N)=N1.Cl. The fraction of sp³-hybridized carbons (Fsp3) is 0.500. The fourth-order valence-electron chi connectivity index (χ4n) is 0.910. The Kier molecular flexibility index (Phi) is 4.19. The maximum Gasteiger partial charge on any atom is 0.228 e. The summed E-state index contributed by atoms with van der Waals surface area (Å²) in [6.45, 7) is 1.82. The van der Waals surface area contributed by atoms with Crippen molar-refractivity contribution >= 4 is 30.2 Å². The maximum absolute atomic E-state index is 10.9. The van der Waals surface area contributed by atoms with Crippen molar-refractivity contribution in [2.24, 2.45) is 21.5 Å². The van der Waals surface area contributed by atoms with Gasteiger partial charge in [0, 0.05) is 6.42 Å². The van der Waals surface area contributed by atoms with E-state index >= 15 is 0 Å². The number of aliphatic imine (C=N–C) groups is 2. The molecule has 0 aromatic heterocycles. The number of halogens is 1. The Morgan fingerprint density at radius 3 is 2.77 bits per heavy atom. The van der Waals surface area contributed by atoms with Crippen LogP contribution < -0.4 is 16.8 Å². The molecule has 1 aliphatic heterocycles. The fourth-order valence-corrected chi connectivity index (χ4v) is 0.910. The van der Waals surface area contributed by atoms with Crippen LogP contribution in [-0.4, -0.2) is 23.9 Å². The van der Waals surface area contributed by atoms with Crippen LogP contribution in [0.3, 0.4) is 0 Å². The number of rotatable bonds is 0. The summed E-state index contributed by atoms with van der Waals surface area (Å²) in [5, 5.41) is 2.44. The van der Waals surface area contributed by atoms with Crippen LogP contribution >= 0.6 is 12.4 Å². The van der Waals surface area contributed by atoms with Crippen LogP contribution in [0.2, 0.25) is 0 Å². The molecular weight excluding hydrogens is 194 g/mol. The number of nitrogens with one attached hydrogen (secondary N) is 1. The molecule has 13 heavy (non-hydrogen) atoms. The Hall–Kier alpha value is -1.30. The largest absolute Gasteiger partial charge is 0.370 e. The van der Waals surface area contributed by atoms with Crippen molar-refractivity contribution in [1.29, 1.82) is 0 Å². The highest BCUT2D eigenvalue weighted by Gasteiger charge is 2.16. The average molecular weight is 206 g/mol. The molecule has 7 heteroatoms. The van der Waals surface area contributed by atoms with Crippen LogP contribution in [0.5, 0.6) is 0 Å². The lowest BCUT2D eigenvalue weighted by atomic mass is 10.2. The zero-order valence-corrected chi connectivity index (χ0v) is 7.97. The number of amides is 1. The molecule has 0 fully saturated rings. The van der Waals surface area contributed by atoms with Crippen molar-refractivity contribution in [3.8, 4) is 0 Å².